The fourth-order valence-electron chi connectivity index (χ4n) is 4.37. The molecule has 2 fully saturated rings. The third-order valence-corrected chi connectivity index (χ3v) is 7.40. The Labute approximate surface area is 214 Å². The predicted molar refractivity (Wildman–Crippen MR) is 143 cm³/mol. The lowest BCUT2D eigenvalue weighted by Gasteiger charge is -2.30. The first-order valence-corrected chi connectivity index (χ1v) is 13.0. The Morgan fingerprint density at radius 2 is 1.86 bits per heavy atom. The van der Waals surface area contributed by atoms with Gasteiger partial charge in [0.2, 0.25) is 0 Å². The molecule has 1 aliphatic heterocycles. The maximum atomic E-state index is 13.6. The van der Waals surface area contributed by atoms with Gasteiger partial charge in [0.05, 0.1) is 16.8 Å². The van der Waals surface area contributed by atoms with Crippen LogP contribution in [0.1, 0.15) is 43.2 Å². The first-order valence-electron chi connectivity index (χ1n) is 11.9. The number of thioether (sulfide) groups is 1. The van der Waals surface area contributed by atoms with Crippen LogP contribution in [-0.2, 0) is 11.4 Å². The Balaban J connectivity index is 1.42. The number of ether oxygens (including phenoxy) is 1. The van der Waals surface area contributed by atoms with E-state index in [2.05, 4.69) is 4.98 Å². The van der Waals surface area contributed by atoms with Crippen molar-refractivity contribution >= 4 is 46.2 Å². The molecule has 2 aromatic carbocycles. The van der Waals surface area contributed by atoms with Crippen molar-refractivity contribution in [3.63, 3.8) is 0 Å². The summed E-state index contributed by atoms with van der Waals surface area (Å²) in [5, 5.41) is 1.42. The molecule has 35 heavy (non-hydrogen) atoms. The van der Waals surface area contributed by atoms with E-state index in [1.165, 1.54) is 18.2 Å². The summed E-state index contributed by atoms with van der Waals surface area (Å²) in [6, 6.07) is 19.3. The van der Waals surface area contributed by atoms with Gasteiger partial charge < -0.3 is 4.74 Å². The number of pyridine rings is 1. The molecule has 0 atom stereocenters. The van der Waals surface area contributed by atoms with Gasteiger partial charge in [0.1, 0.15) is 12.4 Å². The van der Waals surface area contributed by atoms with E-state index in [9.17, 15) is 4.79 Å². The van der Waals surface area contributed by atoms with Crippen LogP contribution in [0.25, 0.3) is 6.08 Å². The highest BCUT2D eigenvalue weighted by atomic mass is 35.5. The van der Waals surface area contributed by atoms with Crippen LogP contribution < -0.4 is 4.74 Å². The van der Waals surface area contributed by atoms with Crippen molar-refractivity contribution in [3.05, 3.63) is 94.1 Å². The Hall–Kier alpha value is -3.09. The molecule has 0 N–H and O–H groups in total. The second-order valence-electron chi connectivity index (χ2n) is 8.64. The summed E-state index contributed by atoms with van der Waals surface area (Å²) in [5.41, 5.74) is 2.64. The highest BCUT2D eigenvalue weighted by Crippen LogP contribution is 2.39. The lowest BCUT2D eigenvalue weighted by Crippen LogP contribution is -2.40. The number of hydrogen-bond acceptors (Lipinski definition) is 5. The molecule has 2 aliphatic rings. The Morgan fingerprint density at radius 3 is 2.63 bits per heavy atom. The van der Waals surface area contributed by atoms with E-state index in [0.717, 1.165) is 53.4 Å². The van der Waals surface area contributed by atoms with Crippen molar-refractivity contribution in [1.29, 1.82) is 0 Å². The molecule has 1 saturated carbocycles. The van der Waals surface area contributed by atoms with Crippen LogP contribution in [0.3, 0.4) is 0 Å². The first-order chi connectivity index (χ1) is 17.2. The second kappa shape index (κ2) is 11.1. The van der Waals surface area contributed by atoms with Crippen LogP contribution in [0.2, 0.25) is 5.02 Å². The van der Waals surface area contributed by atoms with Gasteiger partial charge in [-0.3, -0.25) is 14.7 Å². The van der Waals surface area contributed by atoms with E-state index in [4.69, 9.17) is 21.3 Å². The maximum Gasteiger partial charge on any atom is 0.267 e. The molecule has 1 saturated heterocycles. The number of halogens is 1. The van der Waals surface area contributed by atoms with Gasteiger partial charge in [0, 0.05) is 22.8 Å². The summed E-state index contributed by atoms with van der Waals surface area (Å²) in [6.07, 6.45) is 10.9. The van der Waals surface area contributed by atoms with E-state index in [1.54, 1.807) is 12.4 Å². The number of carbonyl (C=O) groups excluding carboxylic acids is 1. The molecule has 0 bridgehead atoms. The Morgan fingerprint density at radius 1 is 1.06 bits per heavy atom. The standard InChI is InChI=1S/C28H26ClN3O2S/c29-22-14-12-20(13-15-22)19-34-25-11-5-4-7-21(25)17-26-27(33)32(24-9-2-1-3-10-24)28(35-26)31-23-8-6-16-30-18-23/h4-8,11-18,24H,1-3,9-10,19H2/b26-17-,31-28?. The molecular weight excluding hydrogens is 478 g/mol. The molecule has 0 radical (unpaired) electrons. The average molecular weight is 504 g/mol. The number of aliphatic imine (C=N–C) groups is 1. The van der Waals surface area contributed by atoms with Gasteiger partial charge in [-0.25, -0.2) is 4.99 Å². The number of rotatable bonds is 6. The summed E-state index contributed by atoms with van der Waals surface area (Å²) in [6.45, 7) is 0.417. The van der Waals surface area contributed by atoms with E-state index in [0.29, 0.717) is 16.5 Å². The van der Waals surface area contributed by atoms with Crippen molar-refractivity contribution in [2.75, 3.05) is 0 Å². The number of nitrogens with zero attached hydrogens (tertiary/aromatic N) is 3. The summed E-state index contributed by atoms with van der Waals surface area (Å²) in [5.74, 6) is 0.738. The van der Waals surface area contributed by atoms with Gasteiger partial charge >= 0.3 is 0 Å². The fraction of sp³-hybridized carbons (Fsp3) is 0.250. The van der Waals surface area contributed by atoms with Gasteiger partial charge in [0.15, 0.2) is 5.17 Å². The molecule has 1 aliphatic carbocycles. The summed E-state index contributed by atoms with van der Waals surface area (Å²) in [7, 11) is 0. The predicted octanol–water partition coefficient (Wildman–Crippen LogP) is 7.25. The lowest BCUT2D eigenvalue weighted by molar-refractivity contribution is -0.124. The molecule has 3 aromatic rings. The normalized spacial score (nSPS) is 19.0. The first kappa shape index (κ1) is 23.6. The molecule has 5 rings (SSSR count). The molecule has 0 unspecified atom stereocenters. The average Bonchev–Trinajstić information content (AvgIpc) is 3.19. The number of amidine groups is 1. The topological polar surface area (TPSA) is 54.8 Å². The molecule has 2 heterocycles. The Bertz CT molecular complexity index is 1240. The van der Waals surface area contributed by atoms with Gasteiger partial charge in [-0.2, -0.15) is 0 Å². The van der Waals surface area contributed by atoms with Crippen molar-refractivity contribution in [1.82, 2.24) is 9.88 Å². The summed E-state index contributed by atoms with van der Waals surface area (Å²) < 4.78 is 6.11. The number of aromatic nitrogens is 1. The zero-order valence-electron chi connectivity index (χ0n) is 19.3. The zero-order chi connectivity index (χ0) is 24.0. The van der Waals surface area contributed by atoms with Crippen molar-refractivity contribution < 1.29 is 9.53 Å². The van der Waals surface area contributed by atoms with Crippen molar-refractivity contribution in [2.45, 2.75) is 44.8 Å². The molecule has 5 nitrogen and oxygen atoms in total. The number of carbonyl (C=O) groups is 1. The van der Waals surface area contributed by atoms with E-state index in [1.807, 2.05) is 71.6 Å². The molecule has 7 heteroatoms. The van der Waals surface area contributed by atoms with E-state index < -0.39 is 0 Å². The van der Waals surface area contributed by atoms with Gasteiger partial charge in [0.25, 0.3) is 5.91 Å². The summed E-state index contributed by atoms with van der Waals surface area (Å²) in [4.78, 5) is 25.2. The third kappa shape index (κ3) is 5.77. The number of amides is 1. The van der Waals surface area contributed by atoms with Gasteiger partial charge in [-0.05, 0) is 66.6 Å². The molecular formula is C28H26ClN3O2S. The number of para-hydroxylation sites is 1. The van der Waals surface area contributed by atoms with Crippen LogP contribution in [0.4, 0.5) is 5.69 Å². The molecule has 1 amide bonds. The van der Waals surface area contributed by atoms with Gasteiger partial charge in [-0.15, -0.1) is 0 Å². The largest absolute Gasteiger partial charge is 0.488 e. The van der Waals surface area contributed by atoms with E-state index >= 15 is 0 Å². The van der Waals surface area contributed by atoms with E-state index in [-0.39, 0.29) is 11.9 Å². The number of benzene rings is 2. The highest BCUT2D eigenvalue weighted by molar-refractivity contribution is 8.18. The van der Waals surface area contributed by atoms with Crippen LogP contribution >= 0.6 is 23.4 Å². The maximum absolute atomic E-state index is 13.6. The van der Waals surface area contributed by atoms with Crippen LogP contribution in [-0.4, -0.2) is 27.0 Å². The van der Waals surface area contributed by atoms with Crippen LogP contribution in [0.15, 0.2) is 83.0 Å². The van der Waals surface area contributed by atoms with Crippen molar-refractivity contribution in [3.8, 4) is 5.75 Å². The SMILES string of the molecule is O=C1/C(=C/c2ccccc2OCc2ccc(Cl)cc2)SC(=Nc2cccnc2)N1C1CCCCC1. The lowest BCUT2D eigenvalue weighted by atomic mass is 9.94. The zero-order valence-corrected chi connectivity index (χ0v) is 20.8. The quantitative estimate of drug-likeness (QED) is 0.332. The summed E-state index contributed by atoms with van der Waals surface area (Å²) >= 11 is 7.42. The minimum absolute atomic E-state index is 0.0112. The van der Waals surface area contributed by atoms with Crippen LogP contribution in [0.5, 0.6) is 5.75 Å². The third-order valence-electron chi connectivity index (χ3n) is 6.16. The Kier molecular flexibility index (Phi) is 7.50. The monoisotopic (exact) mass is 503 g/mol. The smallest absolute Gasteiger partial charge is 0.267 e. The number of hydrogen-bond donors (Lipinski definition) is 0. The molecule has 0 spiro atoms. The minimum Gasteiger partial charge on any atom is -0.488 e. The van der Waals surface area contributed by atoms with Crippen molar-refractivity contribution in [2.24, 2.45) is 4.99 Å². The fourth-order valence-corrected chi connectivity index (χ4v) is 5.55. The minimum atomic E-state index is 0.0112. The van der Waals surface area contributed by atoms with Crippen LogP contribution in [0, 0.1) is 0 Å². The second-order valence-corrected chi connectivity index (χ2v) is 10.1. The molecule has 1 aromatic heterocycles. The van der Waals surface area contributed by atoms with Gasteiger partial charge in [-0.1, -0.05) is 61.2 Å². The highest BCUT2D eigenvalue weighted by Gasteiger charge is 2.38. The molecule has 178 valence electrons.